The number of likely N-dealkylation sites (tertiary alicyclic amines) is 1. The number of rotatable bonds is 2. The van der Waals surface area contributed by atoms with Crippen molar-refractivity contribution in [2.45, 2.75) is 32.0 Å². The topological polar surface area (TPSA) is 29.3 Å². The maximum atomic E-state index is 6.05. The van der Waals surface area contributed by atoms with E-state index >= 15 is 0 Å². The molecule has 0 amide bonds. The van der Waals surface area contributed by atoms with Gasteiger partial charge in [-0.25, -0.2) is 0 Å². The zero-order valence-electron chi connectivity index (χ0n) is 8.52. The van der Waals surface area contributed by atoms with Crippen LogP contribution in [0.4, 0.5) is 0 Å². The van der Waals surface area contributed by atoms with Gasteiger partial charge in [0, 0.05) is 6.54 Å². The summed E-state index contributed by atoms with van der Waals surface area (Å²) in [5.74, 6) is 0. The molecule has 2 N–H and O–H groups in total. The Morgan fingerprint density at radius 1 is 1.21 bits per heavy atom. The van der Waals surface area contributed by atoms with E-state index in [4.69, 9.17) is 5.73 Å². The van der Waals surface area contributed by atoms with E-state index in [0.717, 1.165) is 19.5 Å². The zero-order chi connectivity index (χ0) is 9.80. The first-order chi connectivity index (χ1) is 6.86. The summed E-state index contributed by atoms with van der Waals surface area (Å²) in [5, 5.41) is 0. The fourth-order valence-electron chi connectivity index (χ4n) is 2.03. The minimum Gasteiger partial charge on any atom is -0.316 e. The predicted octanol–water partition coefficient (Wildman–Crippen LogP) is 1.96. The van der Waals surface area contributed by atoms with E-state index in [2.05, 4.69) is 35.2 Å². The fraction of sp³-hybridized carbons (Fsp3) is 0.500. The van der Waals surface area contributed by atoms with Crippen LogP contribution < -0.4 is 5.73 Å². The van der Waals surface area contributed by atoms with Crippen molar-refractivity contribution in [1.82, 2.24) is 4.90 Å². The summed E-state index contributed by atoms with van der Waals surface area (Å²) in [6.45, 7) is 2.15. The Kier molecular flexibility index (Phi) is 3.17. The highest BCUT2D eigenvalue weighted by molar-refractivity contribution is 5.14. The molecule has 1 aromatic rings. The van der Waals surface area contributed by atoms with Crippen molar-refractivity contribution in [1.29, 1.82) is 0 Å². The number of hydrogen-bond donors (Lipinski definition) is 1. The van der Waals surface area contributed by atoms with Gasteiger partial charge in [-0.05, 0) is 31.4 Å². The normalized spacial score (nSPS) is 23.6. The van der Waals surface area contributed by atoms with Crippen molar-refractivity contribution < 1.29 is 0 Å². The fourth-order valence-corrected chi connectivity index (χ4v) is 2.03. The number of benzene rings is 1. The van der Waals surface area contributed by atoms with E-state index < -0.39 is 0 Å². The summed E-state index contributed by atoms with van der Waals surface area (Å²) in [6, 6.07) is 10.6. The standard InChI is InChI=1S/C12H18N2/c13-12-8-4-5-9-14(12)10-11-6-2-1-3-7-11/h1-3,6-7,12H,4-5,8-10,13H2. The molecule has 1 saturated heterocycles. The first kappa shape index (κ1) is 9.69. The van der Waals surface area contributed by atoms with E-state index in [-0.39, 0.29) is 6.17 Å². The second-order valence-electron chi connectivity index (χ2n) is 4.02. The average Bonchev–Trinajstić information content (AvgIpc) is 2.23. The molecule has 1 unspecified atom stereocenters. The van der Waals surface area contributed by atoms with E-state index in [1.54, 1.807) is 0 Å². The number of nitrogens with two attached hydrogens (primary N) is 1. The van der Waals surface area contributed by atoms with E-state index in [0.29, 0.717) is 0 Å². The number of nitrogens with zero attached hydrogens (tertiary/aromatic N) is 1. The van der Waals surface area contributed by atoms with Crippen molar-refractivity contribution in [3.05, 3.63) is 35.9 Å². The zero-order valence-corrected chi connectivity index (χ0v) is 8.52. The summed E-state index contributed by atoms with van der Waals surface area (Å²) in [5.41, 5.74) is 7.42. The quantitative estimate of drug-likeness (QED) is 0.772. The number of hydrogen-bond acceptors (Lipinski definition) is 2. The second-order valence-corrected chi connectivity index (χ2v) is 4.02. The first-order valence-electron chi connectivity index (χ1n) is 5.40. The molecule has 1 aliphatic heterocycles. The second kappa shape index (κ2) is 4.58. The minimum atomic E-state index is 0.268. The molecule has 1 aromatic carbocycles. The molecule has 76 valence electrons. The van der Waals surface area contributed by atoms with Gasteiger partial charge in [0.05, 0.1) is 6.17 Å². The molecule has 1 fully saturated rings. The Balaban J connectivity index is 1.96. The molecule has 2 rings (SSSR count). The molecule has 0 saturated carbocycles. The third-order valence-corrected chi connectivity index (χ3v) is 2.89. The summed E-state index contributed by atoms with van der Waals surface area (Å²) in [4.78, 5) is 2.37. The SMILES string of the molecule is NC1CCCCN1Cc1ccccc1. The molecule has 0 aromatic heterocycles. The van der Waals surface area contributed by atoms with Gasteiger partial charge in [0.15, 0.2) is 0 Å². The Morgan fingerprint density at radius 2 is 2.00 bits per heavy atom. The van der Waals surface area contributed by atoms with Gasteiger partial charge in [-0.2, -0.15) is 0 Å². The van der Waals surface area contributed by atoms with Gasteiger partial charge in [-0.15, -0.1) is 0 Å². The maximum Gasteiger partial charge on any atom is 0.0574 e. The Bertz CT molecular complexity index is 271. The van der Waals surface area contributed by atoms with Crippen LogP contribution in [0.5, 0.6) is 0 Å². The first-order valence-corrected chi connectivity index (χ1v) is 5.40. The van der Waals surface area contributed by atoms with Crippen molar-refractivity contribution in [2.75, 3.05) is 6.54 Å². The van der Waals surface area contributed by atoms with Gasteiger partial charge < -0.3 is 5.73 Å². The lowest BCUT2D eigenvalue weighted by molar-refractivity contribution is 0.144. The smallest absolute Gasteiger partial charge is 0.0574 e. The lowest BCUT2D eigenvalue weighted by Gasteiger charge is -2.32. The molecule has 14 heavy (non-hydrogen) atoms. The van der Waals surface area contributed by atoms with Crippen LogP contribution in [0.15, 0.2) is 30.3 Å². The van der Waals surface area contributed by atoms with Crippen LogP contribution in [0.1, 0.15) is 24.8 Å². The van der Waals surface area contributed by atoms with Crippen LogP contribution in [-0.2, 0) is 6.54 Å². The van der Waals surface area contributed by atoms with Crippen LogP contribution in [0, 0.1) is 0 Å². The van der Waals surface area contributed by atoms with Gasteiger partial charge in [-0.3, -0.25) is 4.90 Å². The summed E-state index contributed by atoms with van der Waals surface area (Å²) in [7, 11) is 0. The van der Waals surface area contributed by atoms with Crippen molar-refractivity contribution in [3.63, 3.8) is 0 Å². The van der Waals surface area contributed by atoms with Crippen molar-refractivity contribution in [3.8, 4) is 0 Å². The van der Waals surface area contributed by atoms with Crippen LogP contribution >= 0.6 is 0 Å². The lowest BCUT2D eigenvalue weighted by Crippen LogP contribution is -2.44. The molecule has 1 aliphatic rings. The van der Waals surface area contributed by atoms with Crippen LogP contribution in [0.3, 0.4) is 0 Å². The number of piperidine rings is 1. The third-order valence-electron chi connectivity index (χ3n) is 2.89. The molecule has 1 atom stereocenters. The summed E-state index contributed by atoms with van der Waals surface area (Å²) in [6.07, 6.45) is 3.99. The Morgan fingerprint density at radius 3 is 2.71 bits per heavy atom. The monoisotopic (exact) mass is 190 g/mol. The average molecular weight is 190 g/mol. The predicted molar refractivity (Wildman–Crippen MR) is 58.7 cm³/mol. The molecule has 0 radical (unpaired) electrons. The van der Waals surface area contributed by atoms with E-state index in [9.17, 15) is 0 Å². The molecule has 0 bridgehead atoms. The Labute approximate surface area is 85.7 Å². The minimum absolute atomic E-state index is 0.268. The molecule has 0 aliphatic carbocycles. The molecule has 0 spiro atoms. The van der Waals surface area contributed by atoms with Gasteiger partial charge in [0.25, 0.3) is 0 Å². The molecule has 2 heteroatoms. The van der Waals surface area contributed by atoms with Crippen molar-refractivity contribution in [2.24, 2.45) is 5.73 Å². The summed E-state index contributed by atoms with van der Waals surface area (Å²) >= 11 is 0. The largest absolute Gasteiger partial charge is 0.316 e. The van der Waals surface area contributed by atoms with Gasteiger partial charge >= 0.3 is 0 Å². The summed E-state index contributed by atoms with van der Waals surface area (Å²) < 4.78 is 0. The molecular formula is C12H18N2. The van der Waals surface area contributed by atoms with Gasteiger partial charge in [0.2, 0.25) is 0 Å². The van der Waals surface area contributed by atoms with E-state index in [1.807, 2.05) is 0 Å². The third kappa shape index (κ3) is 2.34. The van der Waals surface area contributed by atoms with Crippen LogP contribution in [0.25, 0.3) is 0 Å². The highest BCUT2D eigenvalue weighted by Crippen LogP contribution is 2.15. The van der Waals surface area contributed by atoms with Gasteiger partial charge in [-0.1, -0.05) is 30.3 Å². The van der Waals surface area contributed by atoms with Crippen LogP contribution in [0.2, 0.25) is 0 Å². The maximum absolute atomic E-state index is 6.05. The lowest BCUT2D eigenvalue weighted by atomic mass is 10.1. The Hall–Kier alpha value is -0.860. The molecule has 1 heterocycles. The highest BCUT2D eigenvalue weighted by atomic mass is 15.2. The molecule has 2 nitrogen and oxygen atoms in total. The molecular weight excluding hydrogens is 172 g/mol. The highest BCUT2D eigenvalue weighted by Gasteiger charge is 2.17. The van der Waals surface area contributed by atoms with Gasteiger partial charge in [0.1, 0.15) is 0 Å². The van der Waals surface area contributed by atoms with Crippen LogP contribution in [-0.4, -0.2) is 17.6 Å². The van der Waals surface area contributed by atoms with E-state index in [1.165, 1.54) is 18.4 Å². The van der Waals surface area contributed by atoms with Crippen molar-refractivity contribution >= 4 is 0 Å².